The highest BCUT2D eigenvalue weighted by molar-refractivity contribution is 8.06. The van der Waals surface area contributed by atoms with Crippen molar-refractivity contribution in [1.82, 2.24) is 9.97 Å². The number of nitrogens with zero attached hydrogens (tertiary/aromatic N) is 1. The smallest absolute Gasteiger partial charge is 0.308 e. The second-order valence-corrected chi connectivity index (χ2v) is 6.28. The van der Waals surface area contributed by atoms with Gasteiger partial charge in [0.25, 0.3) is 5.56 Å². The number of carboxylic acids is 1. The maximum atomic E-state index is 11.8. The van der Waals surface area contributed by atoms with Gasteiger partial charge in [0.2, 0.25) is 0 Å². The van der Waals surface area contributed by atoms with Crippen LogP contribution in [0.1, 0.15) is 16.6 Å². The first-order valence-electron chi connectivity index (χ1n) is 5.37. The van der Waals surface area contributed by atoms with Gasteiger partial charge < -0.3 is 15.8 Å². The molecule has 2 heterocycles. The van der Waals surface area contributed by atoms with Crippen molar-refractivity contribution in [2.75, 3.05) is 23.0 Å². The number of rotatable bonds is 3. The van der Waals surface area contributed by atoms with Gasteiger partial charge in [-0.25, -0.2) is 4.98 Å². The minimum atomic E-state index is -1.09. The third kappa shape index (κ3) is 2.99. The van der Waals surface area contributed by atoms with E-state index in [0.717, 1.165) is 17.3 Å². The van der Waals surface area contributed by atoms with Crippen LogP contribution in [0.2, 0.25) is 0 Å². The van der Waals surface area contributed by atoms with Crippen LogP contribution in [0.3, 0.4) is 0 Å². The van der Waals surface area contributed by atoms with E-state index in [1.54, 1.807) is 23.5 Å². The van der Waals surface area contributed by atoms with Gasteiger partial charge in [-0.15, -0.1) is 11.8 Å². The number of aliphatic carboxylic acids is 1. The highest BCUT2D eigenvalue weighted by Crippen LogP contribution is 2.34. The van der Waals surface area contributed by atoms with Crippen molar-refractivity contribution >= 4 is 35.3 Å². The molecule has 8 heteroatoms. The fourth-order valence-corrected chi connectivity index (χ4v) is 4.28. The lowest BCUT2D eigenvalue weighted by molar-refractivity contribution is -0.136. The topological polar surface area (TPSA) is 109 Å². The molecule has 1 unspecified atom stereocenters. The summed E-state index contributed by atoms with van der Waals surface area (Å²) in [6.07, 6.45) is -0.402. The normalized spacial score (nSPS) is 19.7. The maximum absolute atomic E-state index is 11.8. The second kappa shape index (κ2) is 5.66. The molecule has 1 aliphatic heterocycles. The number of nitrogen functional groups attached to an aromatic ring is 1. The zero-order chi connectivity index (χ0) is 13.1. The molecule has 1 aliphatic rings. The molecule has 1 aromatic rings. The highest BCUT2D eigenvalue weighted by atomic mass is 32.2. The molecule has 2 rings (SSSR count). The molecule has 0 bridgehead atoms. The summed E-state index contributed by atoms with van der Waals surface area (Å²) in [6, 6.07) is 0. The van der Waals surface area contributed by atoms with E-state index in [1.165, 1.54) is 0 Å². The summed E-state index contributed by atoms with van der Waals surface area (Å²) in [5.74, 6) is 2.46. The molecule has 4 N–H and O–H groups in total. The molecule has 1 atom stereocenters. The number of nitrogens with one attached hydrogen (secondary N) is 1. The molecular weight excluding hydrogens is 274 g/mol. The fraction of sp³-hybridized carbons (Fsp3) is 0.500. The number of hydrogen-bond acceptors (Lipinski definition) is 6. The van der Waals surface area contributed by atoms with E-state index in [4.69, 9.17) is 10.8 Å². The van der Waals surface area contributed by atoms with E-state index in [1.807, 2.05) is 0 Å². The van der Waals surface area contributed by atoms with Gasteiger partial charge in [-0.2, -0.15) is 11.8 Å². The van der Waals surface area contributed by atoms with Crippen molar-refractivity contribution in [3.63, 3.8) is 0 Å². The number of anilines is 1. The van der Waals surface area contributed by atoms with E-state index < -0.39 is 17.9 Å². The zero-order valence-electron chi connectivity index (χ0n) is 9.51. The van der Waals surface area contributed by atoms with Crippen LogP contribution in [0.15, 0.2) is 4.79 Å². The molecule has 0 aliphatic carbocycles. The number of aromatic nitrogens is 2. The second-order valence-electron chi connectivity index (χ2n) is 3.82. The maximum Gasteiger partial charge on any atom is 0.308 e. The third-order valence-corrected chi connectivity index (χ3v) is 5.28. The van der Waals surface area contributed by atoms with Gasteiger partial charge >= 0.3 is 5.97 Å². The lowest BCUT2D eigenvalue weighted by Crippen LogP contribution is -2.24. The molecule has 1 aromatic heterocycles. The van der Waals surface area contributed by atoms with Gasteiger partial charge in [0.1, 0.15) is 11.6 Å². The van der Waals surface area contributed by atoms with Gasteiger partial charge in [0.05, 0.1) is 17.2 Å². The quantitative estimate of drug-likeness (QED) is 0.742. The predicted octanol–water partition coefficient (Wildman–Crippen LogP) is 0.500. The number of carbonyl (C=O) groups is 1. The summed E-state index contributed by atoms with van der Waals surface area (Å²) in [4.78, 5) is 29.2. The van der Waals surface area contributed by atoms with E-state index in [-0.39, 0.29) is 16.6 Å². The van der Waals surface area contributed by atoms with Crippen LogP contribution < -0.4 is 11.3 Å². The van der Waals surface area contributed by atoms with E-state index in [0.29, 0.717) is 5.82 Å². The van der Waals surface area contributed by atoms with Crippen LogP contribution >= 0.6 is 23.5 Å². The first-order valence-corrected chi connectivity index (χ1v) is 7.58. The molecule has 1 saturated heterocycles. The first-order chi connectivity index (χ1) is 8.58. The highest BCUT2D eigenvalue weighted by Gasteiger charge is 2.21. The number of H-pyrrole nitrogens is 1. The molecule has 0 aromatic carbocycles. The molecule has 18 heavy (non-hydrogen) atoms. The molecule has 0 radical (unpaired) electrons. The van der Waals surface area contributed by atoms with Crippen molar-refractivity contribution in [1.29, 1.82) is 0 Å². The Balaban J connectivity index is 2.29. The predicted molar refractivity (Wildman–Crippen MR) is 73.1 cm³/mol. The Bertz CT molecular complexity index is 512. The van der Waals surface area contributed by atoms with Crippen molar-refractivity contribution in [2.24, 2.45) is 0 Å². The van der Waals surface area contributed by atoms with Crippen molar-refractivity contribution in [3.05, 3.63) is 21.7 Å². The van der Waals surface area contributed by atoms with E-state index in [2.05, 4.69) is 9.97 Å². The molecule has 0 spiro atoms. The van der Waals surface area contributed by atoms with Crippen LogP contribution in [-0.4, -0.2) is 38.3 Å². The fourth-order valence-electron chi connectivity index (χ4n) is 1.65. The third-order valence-electron chi connectivity index (χ3n) is 2.51. The number of aromatic amines is 1. The largest absolute Gasteiger partial charge is 0.481 e. The Morgan fingerprint density at radius 3 is 2.89 bits per heavy atom. The first kappa shape index (κ1) is 13.3. The van der Waals surface area contributed by atoms with Crippen LogP contribution in [0.5, 0.6) is 0 Å². The number of carboxylic acid groups (broad SMARTS) is 1. The van der Waals surface area contributed by atoms with Gasteiger partial charge in [0.15, 0.2) is 0 Å². The Morgan fingerprint density at radius 1 is 1.56 bits per heavy atom. The number of thioether (sulfide) groups is 2. The lowest BCUT2D eigenvalue weighted by Gasteiger charge is -2.20. The Kier molecular flexibility index (Phi) is 4.18. The summed E-state index contributed by atoms with van der Waals surface area (Å²) in [5, 5.41) is 8.81. The Labute approximate surface area is 112 Å². The summed E-state index contributed by atoms with van der Waals surface area (Å²) in [5.41, 5.74) is 5.25. The van der Waals surface area contributed by atoms with Gasteiger partial charge in [0, 0.05) is 17.3 Å². The van der Waals surface area contributed by atoms with Crippen LogP contribution in [-0.2, 0) is 11.2 Å². The lowest BCUT2D eigenvalue weighted by atomic mass is 10.2. The number of nitrogens with two attached hydrogens (primary N) is 1. The number of hydrogen-bond donors (Lipinski definition) is 3. The minimum absolute atomic E-state index is 0.0207. The molecule has 0 saturated carbocycles. The minimum Gasteiger partial charge on any atom is -0.481 e. The Morgan fingerprint density at radius 2 is 2.33 bits per heavy atom. The van der Waals surface area contributed by atoms with Crippen molar-refractivity contribution < 1.29 is 9.90 Å². The van der Waals surface area contributed by atoms with E-state index >= 15 is 0 Å². The SMILES string of the molecule is Nc1nc(C2CSCCS2)[nH]c(=O)c1CC(=O)O. The van der Waals surface area contributed by atoms with Crippen LogP contribution in [0.25, 0.3) is 0 Å². The summed E-state index contributed by atoms with van der Waals surface area (Å²) < 4.78 is 0. The zero-order valence-corrected chi connectivity index (χ0v) is 11.1. The van der Waals surface area contributed by atoms with E-state index in [9.17, 15) is 9.59 Å². The summed E-state index contributed by atoms with van der Waals surface area (Å²) in [6.45, 7) is 0. The average molecular weight is 287 g/mol. The molecule has 98 valence electrons. The Hall–Kier alpha value is -1.15. The molecule has 6 nitrogen and oxygen atoms in total. The molecule has 0 amide bonds. The van der Waals surface area contributed by atoms with Crippen LogP contribution in [0, 0.1) is 0 Å². The van der Waals surface area contributed by atoms with Crippen molar-refractivity contribution in [3.8, 4) is 0 Å². The van der Waals surface area contributed by atoms with Gasteiger partial charge in [-0.1, -0.05) is 0 Å². The van der Waals surface area contributed by atoms with Crippen molar-refractivity contribution in [2.45, 2.75) is 11.7 Å². The standard InChI is InChI=1S/C10H13N3O3S2/c11-8-5(3-7(14)15)10(16)13-9(12-8)6-4-17-1-2-18-6/h6H,1-4H2,(H,14,15)(H3,11,12,13,16). The van der Waals surface area contributed by atoms with Gasteiger partial charge in [-0.3, -0.25) is 9.59 Å². The monoisotopic (exact) mass is 287 g/mol. The average Bonchev–Trinajstić information content (AvgIpc) is 2.34. The summed E-state index contributed by atoms with van der Waals surface area (Å²) >= 11 is 3.53. The van der Waals surface area contributed by atoms with Gasteiger partial charge in [-0.05, 0) is 0 Å². The molecular formula is C10H13N3O3S2. The molecule has 1 fully saturated rings. The van der Waals surface area contributed by atoms with Crippen LogP contribution in [0.4, 0.5) is 5.82 Å². The summed E-state index contributed by atoms with van der Waals surface area (Å²) in [7, 11) is 0.